The number of hydrogen-bond donors (Lipinski definition) is 0. The molecule has 0 fully saturated rings. The van der Waals surface area contributed by atoms with Crippen molar-refractivity contribution in [1.82, 2.24) is 10.2 Å². The fourth-order valence-electron chi connectivity index (χ4n) is 0.721. The molecular weight excluding hydrogens is 238 g/mol. The van der Waals surface area contributed by atoms with Crippen LogP contribution in [0.2, 0.25) is 0 Å². The lowest BCUT2D eigenvalue weighted by atomic mass is 10.4. The van der Waals surface area contributed by atoms with Gasteiger partial charge in [0.05, 0.1) is 0 Å². The first-order chi connectivity index (χ1) is 5.65. The van der Waals surface area contributed by atoms with E-state index >= 15 is 0 Å². The highest BCUT2D eigenvalue weighted by Gasteiger charge is 2.11. The van der Waals surface area contributed by atoms with E-state index in [-0.39, 0.29) is 0 Å². The molecule has 0 radical (unpaired) electrons. The molecule has 0 amide bonds. The van der Waals surface area contributed by atoms with Crippen LogP contribution in [0.15, 0.2) is 0 Å². The summed E-state index contributed by atoms with van der Waals surface area (Å²) in [6.07, 6.45) is 0. The van der Waals surface area contributed by atoms with E-state index in [0.29, 0.717) is 6.04 Å². The fourth-order valence-corrected chi connectivity index (χ4v) is 1.91. The van der Waals surface area contributed by atoms with E-state index in [1.165, 1.54) is 0 Å². The van der Waals surface area contributed by atoms with Gasteiger partial charge < -0.3 is 4.90 Å². The summed E-state index contributed by atoms with van der Waals surface area (Å²) in [5, 5.41) is 11.0. The number of rotatable bonds is 3. The summed E-state index contributed by atoms with van der Waals surface area (Å²) in [4.78, 5) is 2.12. The quantitative estimate of drug-likeness (QED) is 0.769. The van der Waals surface area contributed by atoms with Crippen LogP contribution in [-0.4, -0.2) is 28.6 Å². The molecule has 0 aliphatic heterocycles. The van der Waals surface area contributed by atoms with Crippen LogP contribution in [0.25, 0.3) is 0 Å². The molecule has 0 saturated carbocycles. The van der Waals surface area contributed by atoms with E-state index < -0.39 is 0 Å². The molecule has 1 unspecified atom stereocenters. The molecule has 0 saturated heterocycles. The molecule has 3 nitrogen and oxygen atoms in total. The second-order valence-corrected chi connectivity index (χ2v) is 4.53. The van der Waals surface area contributed by atoms with Crippen LogP contribution < -0.4 is 4.90 Å². The minimum atomic E-state index is 0.456. The number of hydrogen-bond acceptors (Lipinski definition) is 4. The molecule has 0 aliphatic carbocycles. The summed E-state index contributed by atoms with van der Waals surface area (Å²) in [5.74, 6) is 0. The lowest BCUT2D eigenvalue weighted by Crippen LogP contribution is -2.29. The first kappa shape index (κ1) is 9.92. The zero-order valence-corrected chi connectivity index (χ0v) is 9.81. The van der Waals surface area contributed by atoms with Gasteiger partial charge in [-0.25, -0.2) is 0 Å². The molecule has 68 valence electrons. The molecule has 0 bridgehead atoms. The zero-order valence-electron chi connectivity index (χ0n) is 7.41. The zero-order chi connectivity index (χ0) is 9.14. The predicted octanol–water partition coefficient (Wildman–Crippen LogP) is 2.07. The van der Waals surface area contributed by atoms with Crippen molar-refractivity contribution in [3.05, 3.63) is 5.01 Å². The summed E-state index contributed by atoms with van der Waals surface area (Å²) in [6.45, 7) is 4.11. The van der Waals surface area contributed by atoms with Gasteiger partial charge in [0, 0.05) is 18.4 Å². The van der Waals surface area contributed by atoms with Crippen LogP contribution in [-0.2, 0) is 0 Å². The average Bonchev–Trinajstić information content (AvgIpc) is 2.49. The summed E-state index contributed by atoms with van der Waals surface area (Å²) < 4.78 is 0. The van der Waals surface area contributed by atoms with Gasteiger partial charge in [0.25, 0.3) is 0 Å². The Morgan fingerprint density at radius 1 is 1.58 bits per heavy atom. The maximum atomic E-state index is 4.06. The van der Waals surface area contributed by atoms with Crippen molar-refractivity contribution in [2.24, 2.45) is 0 Å². The highest BCUT2D eigenvalue weighted by Crippen LogP contribution is 2.20. The first-order valence-electron chi connectivity index (χ1n) is 3.74. The van der Waals surface area contributed by atoms with Crippen molar-refractivity contribution in [1.29, 1.82) is 0 Å². The molecule has 5 heteroatoms. The van der Waals surface area contributed by atoms with E-state index in [1.54, 1.807) is 11.3 Å². The topological polar surface area (TPSA) is 29.0 Å². The Kier molecular flexibility index (Phi) is 3.46. The summed E-state index contributed by atoms with van der Waals surface area (Å²) >= 11 is 5.06. The minimum Gasteiger partial charge on any atom is -0.346 e. The Morgan fingerprint density at radius 2 is 2.25 bits per heavy atom. The molecule has 0 N–H and O–H groups in total. The van der Waals surface area contributed by atoms with Gasteiger partial charge in [0.2, 0.25) is 5.13 Å². The summed E-state index contributed by atoms with van der Waals surface area (Å²) in [6, 6.07) is 0.456. The van der Waals surface area contributed by atoms with Crippen LogP contribution in [0.1, 0.15) is 11.9 Å². The van der Waals surface area contributed by atoms with Gasteiger partial charge >= 0.3 is 0 Å². The molecule has 1 heterocycles. The third kappa shape index (κ3) is 2.17. The molecular formula is C7H12BrN3S. The molecule has 0 aromatic carbocycles. The van der Waals surface area contributed by atoms with Gasteiger partial charge in [0.15, 0.2) is 0 Å². The Labute approximate surface area is 84.9 Å². The lowest BCUT2D eigenvalue weighted by Gasteiger charge is -2.21. The number of halogens is 1. The Morgan fingerprint density at radius 3 is 2.67 bits per heavy atom. The normalized spacial score (nSPS) is 13.0. The van der Waals surface area contributed by atoms with Crippen LogP contribution in [0.4, 0.5) is 5.13 Å². The van der Waals surface area contributed by atoms with Gasteiger partial charge in [-0.2, -0.15) is 0 Å². The summed E-state index contributed by atoms with van der Waals surface area (Å²) in [7, 11) is 2.03. The largest absolute Gasteiger partial charge is 0.346 e. The van der Waals surface area contributed by atoms with Gasteiger partial charge in [-0.15, -0.1) is 10.2 Å². The van der Waals surface area contributed by atoms with Crippen LogP contribution >= 0.6 is 27.3 Å². The van der Waals surface area contributed by atoms with Crippen molar-refractivity contribution in [3.63, 3.8) is 0 Å². The molecule has 1 aromatic heterocycles. The van der Waals surface area contributed by atoms with Gasteiger partial charge in [-0.3, -0.25) is 0 Å². The van der Waals surface area contributed by atoms with Crippen LogP contribution in [0.5, 0.6) is 0 Å². The smallest absolute Gasteiger partial charge is 0.208 e. The van der Waals surface area contributed by atoms with Crippen LogP contribution in [0.3, 0.4) is 0 Å². The number of aromatic nitrogens is 2. The maximum absolute atomic E-state index is 4.06. The van der Waals surface area contributed by atoms with Gasteiger partial charge in [-0.1, -0.05) is 27.3 Å². The van der Waals surface area contributed by atoms with Crippen molar-refractivity contribution in [2.75, 3.05) is 17.3 Å². The van der Waals surface area contributed by atoms with E-state index in [9.17, 15) is 0 Å². The van der Waals surface area contributed by atoms with E-state index in [1.807, 2.05) is 14.0 Å². The standard InChI is InChI=1S/C7H12BrN3S/c1-5(4-8)11(3)7-10-9-6(2)12-7/h5H,4H2,1-3H3. The third-order valence-corrected chi connectivity index (χ3v) is 3.57. The minimum absolute atomic E-state index is 0.456. The number of nitrogens with zero attached hydrogens (tertiary/aromatic N) is 3. The van der Waals surface area contributed by atoms with E-state index in [4.69, 9.17) is 0 Å². The van der Waals surface area contributed by atoms with Crippen molar-refractivity contribution >= 4 is 32.4 Å². The number of aryl methyl sites for hydroxylation is 1. The molecule has 12 heavy (non-hydrogen) atoms. The molecule has 1 aromatic rings. The van der Waals surface area contributed by atoms with Gasteiger partial charge in [0.1, 0.15) is 5.01 Å². The van der Waals surface area contributed by atoms with Gasteiger partial charge in [-0.05, 0) is 13.8 Å². The van der Waals surface area contributed by atoms with Crippen molar-refractivity contribution in [2.45, 2.75) is 19.9 Å². The fraction of sp³-hybridized carbons (Fsp3) is 0.714. The summed E-state index contributed by atoms with van der Waals surface area (Å²) in [5.41, 5.74) is 0. The van der Waals surface area contributed by atoms with E-state index in [2.05, 4.69) is 38.0 Å². The predicted molar refractivity (Wildman–Crippen MR) is 56.3 cm³/mol. The average molecular weight is 250 g/mol. The number of alkyl halides is 1. The third-order valence-electron chi connectivity index (χ3n) is 1.70. The molecule has 1 atom stereocenters. The second kappa shape index (κ2) is 4.18. The highest BCUT2D eigenvalue weighted by molar-refractivity contribution is 9.09. The molecule has 1 rings (SSSR count). The van der Waals surface area contributed by atoms with Crippen LogP contribution in [0, 0.1) is 6.92 Å². The molecule has 0 spiro atoms. The number of anilines is 1. The monoisotopic (exact) mass is 249 g/mol. The lowest BCUT2D eigenvalue weighted by molar-refractivity contribution is 0.759. The maximum Gasteiger partial charge on any atom is 0.208 e. The SMILES string of the molecule is Cc1nnc(N(C)C(C)CBr)s1. The Hall–Kier alpha value is -0.160. The van der Waals surface area contributed by atoms with E-state index in [0.717, 1.165) is 15.5 Å². The first-order valence-corrected chi connectivity index (χ1v) is 5.68. The highest BCUT2D eigenvalue weighted by atomic mass is 79.9. The Balaban J connectivity index is 2.70. The Bertz CT molecular complexity index is 251. The van der Waals surface area contributed by atoms with Crippen molar-refractivity contribution < 1.29 is 0 Å². The molecule has 0 aliphatic rings. The second-order valence-electron chi connectivity index (χ2n) is 2.72. The van der Waals surface area contributed by atoms with Crippen molar-refractivity contribution in [3.8, 4) is 0 Å².